The molecule has 1 amide bonds. The average Bonchev–Trinajstić information content (AvgIpc) is 3.32. The van der Waals surface area contributed by atoms with Crippen molar-refractivity contribution in [3.05, 3.63) is 47.3 Å². The van der Waals surface area contributed by atoms with Crippen LogP contribution >= 0.6 is 0 Å². The maximum atomic E-state index is 13.9. The van der Waals surface area contributed by atoms with E-state index in [-0.39, 0.29) is 40.7 Å². The van der Waals surface area contributed by atoms with Crippen LogP contribution < -0.4 is 16.0 Å². The minimum atomic E-state index is -5.08. The zero-order chi connectivity index (χ0) is 35.1. The molecule has 1 aromatic heterocycles. The van der Waals surface area contributed by atoms with Gasteiger partial charge in [0, 0.05) is 37.0 Å². The molecule has 5 N–H and O–H groups in total. The number of benzene rings is 1. The third-order valence-electron chi connectivity index (χ3n) is 5.42. The number of nitrogens with zero attached hydrogens (tertiary/aromatic N) is 3. The van der Waals surface area contributed by atoms with Crippen molar-refractivity contribution in [1.82, 2.24) is 10.3 Å². The van der Waals surface area contributed by atoms with Gasteiger partial charge in [-0.05, 0) is 31.0 Å². The lowest BCUT2D eigenvalue weighted by atomic mass is 9.97. The number of hydrogen-bond donors (Lipinski definition) is 4. The largest absolute Gasteiger partial charge is 0.490 e. The highest BCUT2D eigenvalue weighted by Gasteiger charge is 2.40. The smallest absolute Gasteiger partial charge is 0.475 e. The molecule has 45 heavy (non-hydrogen) atoms. The predicted molar refractivity (Wildman–Crippen MR) is 129 cm³/mol. The van der Waals surface area contributed by atoms with E-state index in [1.165, 1.54) is 0 Å². The SMILES string of the molecule is C[C@H](NC(=O)c1cnc(C#N)c(-c2cc(F)cc(F)c2)c1N1CC[C@H](N)C1)C(F)(F)F.O=C(O)C(F)(F)F.O=C(O)C(F)(F)F. The van der Waals surface area contributed by atoms with Gasteiger partial charge in [-0.3, -0.25) is 4.79 Å². The number of carbonyl (C=O) groups excluding carboxylic acids is 1. The first-order valence-corrected chi connectivity index (χ1v) is 11.8. The number of nitrogens with two attached hydrogens (primary N) is 1. The lowest BCUT2D eigenvalue weighted by molar-refractivity contribution is -0.193. The van der Waals surface area contributed by atoms with E-state index in [2.05, 4.69) is 4.98 Å². The minimum absolute atomic E-state index is 0.0522. The fraction of sp³-hybridized carbons (Fsp3) is 0.375. The van der Waals surface area contributed by atoms with Crippen LogP contribution in [0.1, 0.15) is 29.4 Å². The first kappa shape index (κ1) is 38.3. The number of carboxylic acids is 2. The number of rotatable bonds is 4. The molecule has 1 aliphatic rings. The number of aromatic nitrogens is 1. The molecule has 2 aromatic rings. The van der Waals surface area contributed by atoms with E-state index in [1.54, 1.807) is 4.90 Å². The Labute approximate surface area is 244 Å². The summed E-state index contributed by atoms with van der Waals surface area (Å²) in [6.45, 7) is 1.34. The molecule has 1 aliphatic heterocycles. The molecule has 3 rings (SSSR count). The number of aliphatic carboxylic acids is 2. The molecule has 248 valence electrons. The van der Waals surface area contributed by atoms with E-state index >= 15 is 0 Å². The van der Waals surface area contributed by atoms with Crippen LogP contribution in [0.4, 0.5) is 54.0 Å². The van der Waals surface area contributed by atoms with Crippen molar-refractivity contribution in [1.29, 1.82) is 5.26 Å². The van der Waals surface area contributed by atoms with Gasteiger partial charge in [-0.15, -0.1) is 0 Å². The highest BCUT2D eigenvalue weighted by molar-refractivity contribution is 6.04. The lowest BCUT2D eigenvalue weighted by Crippen LogP contribution is -2.43. The highest BCUT2D eigenvalue weighted by Crippen LogP contribution is 2.38. The zero-order valence-electron chi connectivity index (χ0n) is 22.3. The summed E-state index contributed by atoms with van der Waals surface area (Å²) >= 11 is 0. The van der Waals surface area contributed by atoms with Crippen molar-refractivity contribution >= 4 is 23.5 Å². The van der Waals surface area contributed by atoms with Crippen LogP contribution in [-0.2, 0) is 9.59 Å². The number of amides is 1. The molecule has 0 spiro atoms. The Hall–Kier alpha value is -4.74. The predicted octanol–water partition coefficient (Wildman–Crippen LogP) is 4.38. The van der Waals surface area contributed by atoms with Crippen LogP contribution in [0, 0.1) is 23.0 Å². The highest BCUT2D eigenvalue weighted by atomic mass is 19.4. The summed E-state index contributed by atoms with van der Waals surface area (Å²) in [6, 6.07) is 1.92. The van der Waals surface area contributed by atoms with E-state index in [4.69, 9.17) is 25.5 Å². The van der Waals surface area contributed by atoms with Crippen LogP contribution in [0.5, 0.6) is 0 Å². The Morgan fingerprint density at radius 1 is 1.00 bits per heavy atom. The van der Waals surface area contributed by atoms with Crippen LogP contribution in [0.3, 0.4) is 0 Å². The van der Waals surface area contributed by atoms with Crippen molar-refractivity contribution in [3.63, 3.8) is 0 Å². The topological polar surface area (TPSA) is 170 Å². The Balaban J connectivity index is 0.000000601. The molecule has 0 bridgehead atoms. The second-order valence-electron chi connectivity index (χ2n) is 8.85. The van der Waals surface area contributed by atoms with Gasteiger partial charge in [0.25, 0.3) is 5.91 Å². The van der Waals surface area contributed by atoms with Crippen LogP contribution in [0.2, 0.25) is 0 Å². The van der Waals surface area contributed by atoms with Crippen molar-refractivity contribution in [2.45, 2.75) is 44.0 Å². The van der Waals surface area contributed by atoms with Gasteiger partial charge in [0.15, 0.2) is 0 Å². The number of carboxylic acid groups (broad SMARTS) is 2. The van der Waals surface area contributed by atoms with Gasteiger partial charge in [-0.2, -0.15) is 44.8 Å². The first-order chi connectivity index (χ1) is 20.4. The van der Waals surface area contributed by atoms with Crippen LogP contribution in [0.15, 0.2) is 24.4 Å². The molecule has 21 heteroatoms. The monoisotopic (exact) mass is 667 g/mol. The van der Waals surface area contributed by atoms with E-state index in [0.29, 0.717) is 19.0 Å². The van der Waals surface area contributed by atoms with Crippen molar-refractivity contribution in [2.75, 3.05) is 18.0 Å². The van der Waals surface area contributed by atoms with Crippen molar-refractivity contribution < 1.29 is 72.9 Å². The quantitative estimate of drug-likeness (QED) is 0.346. The van der Waals surface area contributed by atoms with E-state index in [0.717, 1.165) is 25.3 Å². The average molecular weight is 667 g/mol. The summed E-state index contributed by atoms with van der Waals surface area (Å²) in [6.07, 6.45) is -13.4. The van der Waals surface area contributed by atoms with Gasteiger partial charge in [-0.25, -0.2) is 23.4 Å². The van der Waals surface area contributed by atoms with Gasteiger partial charge in [0.2, 0.25) is 0 Å². The number of anilines is 1. The molecule has 0 aliphatic carbocycles. The summed E-state index contributed by atoms with van der Waals surface area (Å²) < 4.78 is 130. The number of hydrogen-bond acceptors (Lipinski definition) is 7. The van der Waals surface area contributed by atoms with Crippen LogP contribution in [-0.4, -0.2) is 76.7 Å². The number of halogens is 11. The van der Waals surface area contributed by atoms with E-state index in [9.17, 15) is 58.4 Å². The fourth-order valence-corrected chi connectivity index (χ4v) is 3.40. The number of carbonyl (C=O) groups is 3. The number of nitriles is 1. The minimum Gasteiger partial charge on any atom is -0.475 e. The summed E-state index contributed by atoms with van der Waals surface area (Å²) in [5.41, 5.74) is 5.37. The molecule has 2 heterocycles. The summed E-state index contributed by atoms with van der Waals surface area (Å²) in [7, 11) is 0. The molecule has 0 unspecified atom stereocenters. The molecular weight excluding hydrogens is 647 g/mol. The van der Waals surface area contributed by atoms with Crippen LogP contribution in [0.25, 0.3) is 11.1 Å². The first-order valence-electron chi connectivity index (χ1n) is 11.8. The van der Waals surface area contributed by atoms with Crippen molar-refractivity contribution in [2.24, 2.45) is 5.73 Å². The van der Waals surface area contributed by atoms with Crippen molar-refractivity contribution in [3.8, 4) is 17.2 Å². The third kappa shape index (κ3) is 11.4. The summed E-state index contributed by atoms with van der Waals surface area (Å²) in [4.78, 5) is 36.0. The lowest BCUT2D eigenvalue weighted by Gasteiger charge is -2.26. The Kier molecular flexibility index (Phi) is 12.6. The molecular formula is C24H20F11N5O5. The number of alkyl halides is 9. The number of pyridine rings is 1. The van der Waals surface area contributed by atoms with Gasteiger partial charge < -0.3 is 26.2 Å². The Bertz CT molecular complexity index is 1390. The molecule has 1 fully saturated rings. The molecule has 10 nitrogen and oxygen atoms in total. The zero-order valence-corrected chi connectivity index (χ0v) is 22.3. The standard InChI is InChI=1S/C20H18F5N5O.2C2HF3O2/c1-10(20(23,24)25)29-19(31)15-8-28-16(7-26)17(11-4-12(21)6-13(22)5-11)18(15)30-3-2-14(27)9-30;2*3-2(4,5)1(6)7/h4-6,8,10,14H,2-3,9,27H2,1H3,(H,29,31);2*(H,6,7)/t10-,14-;;/m0../s1. The Morgan fingerprint density at radius 2 is 1.47 bits per heavy atom. The summed E-state index contributed by atoms with van der Waals surface area (Å²) in [5.74, 6) is -8.46. The van der Waals surface area contributed by atoms with Gasteiger partial charge in [0.1, 0.15) is 29.4 Å². The molecule has 0 radical (unpaired) electrons. The van der Waals surface area contributed by atoms with Gasteiger partial charge in [-0.1, -0.05) is 0 Å². The maximum Gasteiger partial charge on any atom is 0.490 e. The molecule has 1 saturated heterocycles. The van der Waals surface area contributed by atoms with Gasteiger partial charge in [0.05, 0.1) is 11.3 Å². The second-order valence-corrected chi connectivity index (χ2v) is 8.85. The normalized spacial score (nSPS) is 15.5. The van der Waals surface area contributed by atoms with Gasteiger partial charge >= 0.3 is 30.5 Å². The molecule has 2 atom stereocenters. The fourth-order valence-electron chi connectivity index (χ4n) is 3.40. The molecule has 0 saturated carbocycles. The number of nitrogens with one attached hydrogen (secondary N) is 1. The summed E-state index contributed by atoms with van der Waals surface area (Å²) in [5, 5.41) is 25.6. The third-order valence-corrected chi connectivity index (χ3v) is 5.42. The molecule has 1 aromatic carbocycles. The van der Waals surface area contributed by atoms with E-state index < -0.39 is 54.1 Å². The maximum absolute atomic E-state index is 13.9. The second kappa shape index (κ2) is 14.8. The van der Waals surface area contributed by atoms with E-state index in [1.807, 2.05) is 11.4 Å². The Morgan fingerprint density at radius 3 is 1.82 bits per heavy atom.